The van der Waals surface area contributed by atoms with E-state index < -0.39 is 22.3 Å². The third-order valence-electron chi connectivity index (χ3n) is 5.11. The zero-order valence-corrected chi connectivity index (χ0v) is 23.1. The molecule has 3 heterocycles. The van der Waals surface area contributed by atoms with Gasteiger partial charge in [0.05, 0.1) is 30.6 Å². The first-order chi connectivity index (χ1) is 17.8. The van der Waals surface area contributed by atoms with E-state index in [1.807, 2.05) is 13.8 Å². The summed E-state index contributed by atoms with van der Waals surface area (Å²) in [6.45, 7) is 6.04. The number of aromatic nitrogens is 7. The molecule has 0 bridgehead atoms. The SMILES string of the molecule is COCCCc1nnc(NS(=O)C(C)[C@@H](OC(C)C)c2ncc(Cl)cn2)n1-c1c(OC)ncnc1OC. The van der Waals surface area contributed by atoms with Crippen LogP contribution in [-0.4, -0.2) is 78.2 Å². The molecule has 13 nitrogen and oxygen atoms in total. The molecule has 0 aromatic carbocycles. The molecule has 2 unspecified atom stereocenters. The van der Waals surface area contributed by atoms with E-state index in [1.54, 1.807) is 18.6 Å². The number of ether oxygens (including phenoxy) is 4. The van der Waals surface area contributed by atoms with Gasteiger partial charge < -0.3 is 18.9 Å². The lowest BCUT2D eigenvalue weighted by molar-refractivity contribution is 0.00218. The fourth-order valence-corrected chi connectivity index (χ4v) is 4.44. The van der Waals surface area contributed by atoms with Gasteiger partial charge in [-0.05, 0) is 27.2 Å². The van der Waals surface area contributed by atoms with Gasteiger partial charge in [0, 0.05) is 32.5 Å². The van der Waals surface area contributed by atoms with E-state index in [2.05, 4.69) is 34.9 Å². The van der Waals surface area contributed by atoms with Gasteiger partial charge in [-0.15, -0.1) is 10.2 Å². The van der Waals surface area contributed by atoms with Gasteiger partial charge in [0.15, 0.2) is 11.5 Å². The van der Waals surface area contributed by atoms with E-state index in [1.165, 1.54) is 32.9 Å². The van der Waals surface area contributed by atoms with Crippen LogP contribution in [0.25, 0.3) is 5.69 Å². The molecule has 202 valence electrons. The summed E-state index contributed by atoms with van der Waals surface area (Å²) < 4.78 is 40.3. The molecular formula is C22H31ClN8O5S. The second-order valence-electron chi connectivity index (χ2n) is 8.08. The largest absolute Gasteiger partial charge is 0.479 e. The van der Waals surface area contributed by atoms with Gasteiger partial charge in [0.25, 0.3) is 0 Å². The van der Waals surface area contributed by atoms with Crippen molar-refractivity contribution in [1.82, 2.24) is 34.7 Å². The fraction of sp³-hybridized carbons (Fsp3) is 0.545. The van der Waals surface area contributed by atoms with Crippen LogP contribution in [-0.2, 0) is 26.9 Å². The molecule has 15 heteroatoms. The second-order valence-corrected chi connectivity index (χ2v) is 10.1. The van der Waals surface area contributed by atoms with Crippen LogP contribution >= 0.6 is 11.6 Å². The molecule has 3 aromatic rings. The Bertz CT molecular complexity index is 1160. The van der Waals surface area contributed by atoms with Gasteiger partial charge in [-0.2, -0.15) is 9.97 Å². The Kier molecular flexibility index (Phi) is 10.5. The van der Waals surface area contributed by atoms with Gasteiger partial charge in [-0.3, -0.25) is 9.29 Å². The van der Waals surface area contributed by atoms with Crippen LogP contribution in [0.5, 0.6) is 11.8 Å². The van der Waals surface area contributed by atoms with Crippen LogP contribution in [0.2, 0.25) is 5.02 Å². The molecule has 0 aliphatic heterocycles. The monoisotopic (exact) mass is 554 g/mol. The van der Waals surface area contributed by atoms with Crippen molar-refractivity contribution >= 4 is 28.5 Å². The van der Waals surface area contributed by atoms with Crippen LogP contribution < -0.4 is 14.2 Å². The molecule has 0 radical (unpaired) electrons. The van der Waals surface area contributed by atoms with Crippen LogP contribution in [0.15, 0.2) is 18.7 Å². The Morgan fingerprint density at radius 1 is 1.03 bits per heavy atom. The van der Waals surface area contributed by atoms with Crippen molar-refractivity contribution in [1.29, 1.82) is 0 Å². The zero-order chi connectivity index (χ0) is 26.9. The molecule has 0 amide bonds. The number of nitrogens with one attached hydrogen (secondary N) is 1. The molecule has 1 N–H and O–H groups in total. The number of rotatable bonds is 14. The Morgan fingerprint density at radius 2 is 1.68 bits per heavy atom. The highest BCUT2D eigenvalue weighted by Gasteiger charge is 2.31. The van der Waals surface area contributed by atoms with E-state index in [0.29, 0.717) is 41.8 Å². The third-order valence-corrected chi connectivity index (χ3v) is 6.62. The minimum Gasteiger partial charge on any atom is -0.479 e. The van der Waals surface area contributed by atoms with Gasteiger partial charge in [0.2, 0.25) is 17.7 Å². The lowest BCUT2D eigenvalue weighted by Gasteiger charge is -2.25. The number of methoxy groups -OCH3 is 3. The van der Waals surface area contributed by atoms with Gasteiger partial charge >= 0.3 is 0 Å². The first-order valence-electron chi connectivity index (χ1n) is 11.5. The first kappa shape index (κ1) is 28.6. The molecule has 3 aromatic heterocycles. The van der Waals surface area contributed by atoms with Crippen LogP contribution in [0.3, 0.4) is 0 Å². The summed E-state index contributed by atoms with van der Waals surface area (Å²) in [6.07, 6.45) is 4.58. The summed E-state index contributed by atoms with van der Waals surface area (Å²) in [7, 11) is 2.86. The molecule has 0 spiro atoms. The van der Waals surface area contributed by atoms with Crippen LogP contribution in [0.1, 0.15) is 44.9 Å². The van der Waals surface area contributed by atoms with Gasteiger partial charge in [-0.1, -0.05) is 11.6 Å². The average Bonchev–Trinajstić information content (AvgIpc) is 3.28. The number of halogens is 1. The maximum atomic E-state index is 13.6. The molecule has 0 saturated carbocycles. The van der Waals surface area contributed by atoms with E-state index in [-0.39, 0.29) is 23.8 Å². The van der Waals surface area contributed by atoms with E-state index in [9.17, 15) is 4.21 Å². The Labute approximate surface area is 222 Å². The summed E-state index contributed by atoms with van der Waals surface area (Å²) in [5, 5.41) is 8.37. The standard InChI is InChI=1S/C22H31ClN8O5S/c1-13(2)36-18(19-24-10-15(23)11-25-19)14(3)37(32)30-22-29-28-16(8-7-9-33-4)31(22)17-20(34-5)26-12-27-21(17)35-6/h10-14,18H,7-9H2,1-6H3,(H,29,30)/t14?,18-,37?/m1/s1. The predicted molar refractivity (Wildman–Crippen MR) is 137 cm³/mol. The zero-order valence-electron chi connectivity index (χ0n) is 21.5. The minimum absolute atomic E-state index is 0.172. The smallest absolute Gasteiger partial charge is 0.245 e. The van der Waals surface area contributed by atoms with E-state index in [4.69, 9.17) is 30.5 Å². The summed E-state index contributed by atoms with van der Waals surface area (Å²) in [5.41, 5.74) is 0.369. The van der Waals surface area contributed by atoms with E-state index in [0.717, 1.165) is 0 Å². The quantitative estimate of drug-likeness (QED) is 0.293. The Morgan fingerprint density at radius 3 is 2.24 bits per heavy atom. The topological polar surface area (TPSA) is 148 Å². The average molecular weight is 555 g/mol. The summed E-state index contributed by atoms with van der Waals surface area (Å²) in [5.74, 6) is 1.56. The molecule has 0 saturated heterocycles. The lowest BCUT2D eigenvalue weighted by atomic mass is 10.2. The molecular weight excluding hydrogens is 524 g/mol. The summed E-state index contributed by atoms with van der Waals surface area (Å²) in [6, 6.07) is 0. The number of hydrogen-bond acceptors (Lipinski definition) is 11. The summed E-state index contributed by atoms with van der Waals surface area (Å²) in [4.78, 5) is 16.9. The van der Waals surface area contributed by atoms with Crippen molar-refractivity contribution in [2.45, 2.75) is 51.1 Å². The molecule has 3 atom stereocenters. The highest BCUT2D eigenvalue weighted by atomic mass is 35.5. The minimum atomic E-state index is -1.72. The van der Waals surface area contributed by atoms with Crippen LogP contribution in [0.4, 0.5) is 5.95 Å². The number of anilines is 1. The highest BCUT2D eigenvalue weighted by molar-refractivity contribution is 7.87. The van der Waals surface area contributed by atoms with Crippen molar-refractivity contribution in [2.24, 2.45) is 0 Å². The molecule has 0 aliphatic carbocycles. The second kappa shape index (κ2) is 13.6. The van der Waals surface area contributed by atoms with Crippen LogP contribution in [0, 0.1) is 0 Å². The third kappa shape index (κ3) is 7.09. The van der Waals surface area contributed by atoms with Crippen molar-refractivity contribution in [2.75, 3.05) is 32.7 Å². The molecule has 3 rings (SSSR count). The molecule has 37 heavy (non-hydrogen) atoms. The van der Waals surface area contributed by atoms with Crippen molar-refractivity contribution in [3.63, 3.8) is 0 Å². The Balaban J connectivity index is 1.99. The van der Waals surface area contributed by atoms with Gasteiger partial charge in [-0.25, -0.2) is 14.2 Å². The number of hydrogen-bond donors (Lipinski definition) is 1. The van der Waals surface area contributed by atoms with Crippen molar-refractivity contribution in [3.05, 3.63) is 35.4 Å². The first-order valence-corrected chi connectivity index (χ1v) is 13.1. The fourth-order valence-electron chi connectivity index (χ4n) is 3.43. The molecule has 0 aliphatic rings. The van der Waals surface area contributed by atoms with Crippen molar-refractivity contribution in [3.8, 4) is 17.4 Å². The highest BCUT2D eigenvalue weighted by Crippen LogP contribution is 2.33. The maximum Gasteiger partial charge on any atom is 0.245 e. The lowest BCUT2D eigenvalue weighted by Crippen LogP contribution is -2.31. The Hall–Kier alpha value is -2.94. The van der Waals surface area contributed by atoms with Crippen molar-refractivity contribution < 1.29 is 23.2 Å². The normalized spacial score (nSPS) is 13.8. The van der Waals surface area contributed by atoms with E-state index >= 15 is 0 Å². The number of nitrogens with zero attached hydrogens (tertiary/aromatic N) is 7. The maximum absolute atomic E-state index is 13.6. The predicted octanol–water partition coefficient (Wildman–Crippen LogP) is 2.73. The molecule has 0 fully saturated rings. The number of aryl methyl sites for hydroxylation is 1. The van der Waals surface area contributed by atoms with Gasteiger partial charge in [0.1, 0.15) is 29.2 Å². The summed E-state index contributed by atoms with van der Waals surface area (Å²) >= 11 is 5.95.